The first-order valence-corrected chi connectivity index (χ1v) is 13.1. The highest BCUT2D eigenvalue weighted by atomic mass is 32.2. The summed E-state index contributed by atoms with van der Waals surface area (Å²) in [5, 5.41) is 2.71. The average Bonchev–Trinajstić information content (AvgIpc) is 2.81. The molecule has 0 unspecified atom stereocenters. The molecule has 2 heterocycles. The van der Waals surface area contributed by atoms with E-state index in [1.165, 1.54) is 22.1 Å². The molecule has 10 nitrogen and oxygen atoms in total. The van der Waals surface area contributed by atoms with Gasteiger partial charge in [-0.15, -0.1) is 11.8 Å². The van der Waals surface area contributed by atoms with Crippen LogP contribution in [0.25, 0.3) is 0 Å². The number of thioether (sulfide) groups is 1. The Kier molecular flexibility index (Phi) is 9.17. The smallest absolute Gasteiger partial charge is 0.246 e. The summed E-state index contributed by atoms with van der Waals surface area (Å²) in [7, 11) is -3.80. The first kappa shape index (κ1) is 24.8. The predicted octanol–water partition coefficient (Wildman–Crippen LogP) is 0.637. The summed E-state index contributed by atoms with van der Waals surface area (Å²) in [5.41, 5.74) is 0.352. The Morgan fingerprint density at radius 3 is 2.38 bits per heavy atom. The zero-order valence-electron chi connectivity index (χ0n) is 18.1. The molecule has 0 radical (unpaired) electrons. The van der Waals surface area contributed by atoms with Gasteiger partial charge >= 0.3 is 0 Å². The number of ether oxygens (including phenoxy) is 3. The third-order valence-electron chi connectivity index (χ3n) is 4.94. The highest BCUT2D eigenvalue weighted by molar-refractivity contribution is 8.00. The summed E-state index contributed by atoms with van der Waals surface area (Å²) in [6.45, 7) is 5.48. The average molecular weight is 488 g/mol. The number of amides is 2. The molecule has 2 aliphatic heterocycles. The minimum atomic E-state index is -3.80. The van der Waals surface area contributed by atoms with Crippen LogP contribution in [0.2, 0.25) is 0 Å². The Morgan fingerprint density at radius 1 is 1.06 bits per heavy atom. The van der Waals surface area contributed by atoms with E-state index in [-0.39, 0.29) is 47.1 Å². The van der Waals surface area contributed by atoms with Gasteiger partial charge in [0, 0.05) is 31.9 Å². The lowest BCUT2D eigenvalue weighted by Crippen LogP contribution is -2.41. The highest BCUT2D eigenvalue weighted by Gasteiger charge is 2.30. The summed E-state index contributed by atoms with van der Waals surface area (Å²) in [6, 6.07) is 4.56. The van der Waals surface area contributed by atoms with Crippen molar-refractivity contribution in [2.24, 2.45) is 0 Å². The fourth-order valence-corrected chi connectivity index (χ4v) is 5.60. The van der Waals surface area contributed by atoms with Gasteiger partial charge in [-0.1, -0.05) is 0 Å². The molecule has 2 fully saturated rings. The number of sulfonamides is 1. The van der Waals surface area contributed by atoms with Gasteiger partial charge in [0.15, 0.2) is 0 Å². The van der Waals surface area contributed by atoms with Gasteiger partial charge in [0.05, 0.1) is 44.5 Å². The van der Waals surface area contributed by atoms with Crippen LogP contribution in [0, 0.1) is 0 Å². The second-order valence-corrected chi connectivity index (χ2v) is 10.0. The number of carbonyl (C=O) groups is 2. The van der Waals surface area contributed by atoms with Crippen molar-refractivity contribution in [1.82, 2.24) is 9.21 Å². The first-order valence-electron chi connectivity index (χ1n) is 10.5. The summed E-state index contributed by atoms with van der Waals surface area (Å²) >= 11 is 1.22. The molecule has 0 bridgehead atoms. The Bertz CT molecular complexity index is 898. The number of nitrogens with zero attached hydrogens (tertiary/aromatic N) is 2. The van der Waals surface area contributed by atoms with Gasteiger partial charge in [-0.05, 0) is 25.1 Å². The van der Waals surface area contributed by atoms with E-state index in [2.05, 4.69) is 5.32 Å². The monoisotopic (exact) mass is 487 g/mol. The number of carbonyl (C=O) groups excluding carboxylic acids is 2. The third kappa shape index (κ3) is 6.58. The topological polar surface area (TPSA) is 114 Å². The summed E-state index contributed by atoms with van der Waals surface area (Å²) in [5.74, 6) is 0.180. The Hall–Kier alpha value is -1.86. The van der Waals surface area contributed by atoms with Crippen molar-refractivity contribution in [2.45, 2.75) is 11.8 Å². The SMILES string of the molecule is CCOc1ccc(NC(=O)CSCC(=O)N2CCOCC2)cc1S(=O)(=O)N1CCOCC1. The molecule has 32 heavy (non-hydrogen) atoms. The molecule has 0 saturated carbocycles. The molecule has 1 aromatic carbocycles. The van der Waals surface area contributed by atoms with Gasteiger partial charge in [-0.3, -0.25) is 9.59 Å². The van der Waals surface area contributed by atoms with Crippen LogP contribution in [-0.4, -0.2) is 100 Å². The van der Waals surface area contributed by atoms with Gasteiger partial charge < -0.3 is 24.4 Å². The van der Waals surface area contributed by atoms with Crippen LogP contribution >= 0.6 is 11.8 Å². The van der Waals surface area contributed by atoms with Gasteiger partial charge in [0.1, 0.15) is 10.6 Å². The van der Waals surface area contributed by atoms with Crippen molar-refractivity contribution < 1.29 is 32.2 Å². The third-order valence-corrected chi connectivity index (χ3v) is 7.77. The van der Waals surface area contributed by atoms with Crippen LogP contribution in [0.3, 0.4) is 0 Å². The van der Waals surface area contributed by atoms with Gasteiger partial charge in [0.25, 0.3) is 0 Å². The van der Waals surface area contributed by atoms with Crippen LogP contribution in [-0.2, 0) is 29.1 Å². The number of hydrogen-bond acceptors (Lipinski definition) is 8. The quantitative estimate of drug-likeness (QED) is 0.540. The van der Waals surface area contributed by atoms with Crippen molar-refractivity contribution >= 4 is 39.3 Å². The number of nitrogens with one attached hydrogen (secondary N) is 1. The zero-order valence-corrected chi connectivity index (χ0v) is 19.7. The van der Waals surface area contributed by atoms with Crippen molar-refractivity contribution in [2.75, 3.05) is 76.0 Å². The van der Waals surface area contributed by atoms with Crippen LogP contribution in [0.4, 0.5) is 5.69 Å². The number of morpholine rings is 2. The van der Waals surface area contributed by atoms with E-state index in [1.54, 1.807) is 24.0 Å². The van der Waals surface area contributed by atoms with Crippen LogP contribution in [0.15, 0.2) is 23.1 Å². The van der Waals surface area contributed by atoms with Gasteiger partial charge in [-0.25, -0.2) is 8.42 Å². The molecule has 0 spiro atoms. The summed E-state index contributed by atoms with van der Waals surface area (Å²) in [6.07, 6.45) is 0. The molecular formula is C20H29N3O7S2. The number of benzene rings is 1. The number of hydrogen-bond donors (Lipinski definition) is 1. The van der Waals surface area contributed by atoms with E-state index in [0.29, 0.717) is 51.8 Å². The van der Waals surface area contributed by atoms with E-state index < -0.39 is 10.0 Å². The first-order chi connectivity index (χ1) is 15.4. The van der Waals surface area contributed by atoms with E-state index >= 15 is 0 Å². The molecule has 3 rings (SSSR count). The molecular weight excluding hydrogens is 458 g/mol. The van der Waals surface area contributed by atoms with Crippen molar-refractivity contribution in [3.05, 3.63) is 18.2 Å². The molecule has 2 saturated heterocycles. The fraction of sp³-hybridized carbons (Fsp3) is 0.600. The minimum absolute atomic E-state index is 0.00852. The standard InChI is InChI=1S/C20H29N3O7S2/c1-2-30-17-4-3-16(13-18(17)32(26,27)23-7-11-29-12-8-23)21-19(24)14-31-15-20(25)22-5-9-28-10-6-22/h3-4,13H,2,5-12,14-15H2,1H3,(H,21,24). The maximum Gasteiger partial charge on any atom is 0.246 e. The minimum Gasteiger partial charge on any atom is -0.492 e. The van der Waals surface area contributed by atoms with E-state index in [0.717, 1.165) is 0 Å². The molecule has 178 valence electrons. The number of anilines is 1. The Morgan fingerprint density at radius 2 is 1.72 bits per heavy atom. The Labute approximate surface area is 192 Å². The van der Waals surface area contributed by atoms with Crippen molar-refractivity contribution in [1.29, 1.82) is 0 Å². The molecule has 2 aliphatic rings. The van der Waals surface area contributed by atoms with Crippen molar-refractivity contribution in [3.8, 4) is 5.75 Å². The van der Waals surface area contributed by atoms with Crippen LogP contribution in [0.1, 0.15) is 6.92 Å². The van der Waals surface area contributed by atoms with Gasteiger partial charge in [0.2, 0.25) is 21.8 Å². The van der Waals surface area contributed by atoms with Gasteiger partial charge in [-0.2, -0.15) is 4.31 Å². The lowest BCUT2D eigenvalue weighted by molar-refractivity contribution is -0.132. The largest absolute Gasteiger partial charge is 0.492 e. The molecule has 12 heteroatoms. The second kappa shape index (κ2) is 11.8. The summed E-state index contributed by atoms with van der Waals surface area (Å²) < 4.78 is 43.6. The lowest BCUT2D eigenvalue weighted by atomic mass is 10.3. The molecule has 1 aromatic rings. The molecule has 0 aromatic heterocycles. The molecule has 0 aliphatic carbocycles. The molecule has 0 atom stereocenters. The highest BCUT2D eigenvalue weighted by Crippen LogP contribution is 2.30. The van der Waals surface area contributed by atoms with E-state index in [4.69, 9.17) is 14.2 Å². The fourth-order valence-electron chi connectivity index (χ4n) is 3.32. The lowest BCUT2D eigenvalue weighted by Gasteiger charge is -2.27. The normalized spacial score (nSPS) is 17.7. The zero-order chi connectivity index (χ0) is 23.0. The van der Waals surface area contributed by atoms with E-state index in [9.17, 15) is 18.0 Å². The number of rotatable bonds is 9. The van der Waals surface area contributed by atoms with Crippen molar-refractivity contribution in [3.63, 3.8) is 0 Å². The maximum atomic E-state index is 13.1. The summed E-state index contributed by atoms with van der Waals surface area (Å²) in [4.78, 5) is 26.3. The molecule has 1 N–H and O–H groups in total. The molecule has 2 amide bonds. The predicted molar refractivity (Wildman–Crippen MR) is 121 cm³/mol. The van der Waals surface area contributed by atoms with E-state index in [1.807, 2.05) is 0 Å². The second-order valence-electron chi connectivity index (χ2n) is 7.15. The van der Waals surface area contributed by atoms with Crippen LogP contribution < -0.4 is 10.1 Å². The Balaban J connectivity index is 1.61. The van der Waals surface area contributed by atoms with Crippen LogP contribution in [0.5, 0.6) is 5.75 Å². The maximum absolute atomic E-state index is 13.1.